The van der Waals surface area contributed by atoms with Gasteiger partial charge in [-0.05, 0) is 52.9 Å². The molecule has 0 saturated carbocycles. The minimum absolute atomic E-state index is 0.0905. The summed E-state index contributed by atoms with van der Waals surface area (Å²) in [5.74, 6) is -0.728. The van der Waals surface area contributed by atoms with Gasteiger partial charge >= 0.3 is 0 Å². The van der Waals surface area contributed by atoms with E-state index in [4.69, 9.17) is 16.2 Å². The molecule has 0 aromatic heterocycles. The predicted molar refractivity (Wildman–Crippen MR) is 146 cm³/mol. The Morgan fingerprint density at radius 2 is 1.24 bits per heavy atom. The number of amides is 2. The SMILES string of the molecule is COc1ccc(CN(C(=O)C(N)Cc2ccc(N)cc2)C(=O)C(c2ccccc2)c2ccccc2)cc1. The summed E-state index contributed by atoms with van der Waals surface area (Å²) in [7, 11) is 1.59. The Morgan fingerprint density at radius 3 is 1.76 bits per heavy atom. The number of imide groups is 1. The molecule has 1 unspecified atom stereocenters. The maximum absolute atomic E-state index is 14.2. The Labute approximate surface area is 217 Å². The summed E-state index contributed by atoms with van der Waals surface area (Å²) in [6, 6.07) is 32.6. The van der Waals surface area contributed by atoms with Gasteiger partial charge in [0.1, 0.15) is 5.75 Å². The van der Waals surface area contributed by atoms with E-state index in [1.165, 1.54) is 4.90 Å². The number of carbonyl (C=O) groups is 2. The summed E-state index contributed by atoms with van der Waals surface area (Å²) in [5.41, 5.74) is 16.1. The fraction of sp³-hybridized carbons (Fsp3) is 0.161. The summed E-state index contributed by atoms with van der Waals surface area (Å²) in [6.07, 6.45) is 0.285. The fourth-order valence-electron chi connectivity index (χ4n) is 4.30. The summed E-state index contributed by atoms with van der Waals surface area (Å²) in [6.45, 7) is 0.0905. The molecule has 4 aromatic rings. The molecule has 6 nitrogen and oxygen atoms in total. The van der Waals surface area contributed by atoms with E-state index in [1.807, 2.05) is 97.1 Å². The van der Waals surface area contributed by atoms with E-state index in [2.05, 4.69) is 0 Å². The van der Waals surface area contributed by atoms with Crippen LogP contribution < -0.4 is 16.2 Å². The average Bonchev–Trinajstić information content (AvgIpc) is 2.94. The van der Waals surface area contributed by atoms with E-state index in [0.29, 0.717) is 11.4 Å². The number of nitrogen functional groups attached to an aromatic ring is 1. The van der Waals surface area contributed by atoms with Crippen LogP contribution in [-0.2, 0) is 22.6 Å². The number of benzene rings is 4. The number of ether oxygens (including phenoxy) is 1. The van der Waals surface area contributed by atoms with Crippen molar-refractivity contribution in [3.05, 3.63) is 131 Å². The third-order valence-electron chi connectivity index (χ3n) is 6.30. The molecule has 0 fully saturated rings. The largest absolute Gasteiger partial charge is 0.497 e. The molecule has 4 N–H and O–H groups in total. The van der Waals surface area contributed by atoms with Crippen molar-refractivity contribution in [2.45, 2.75) is 24.9 Å². The van der Waals surface area contributed by atoms with Gasteiger partial charge in [-0.2, -0.15) is 0 Å². The number of hydrogen-bond acceptors (Lipinski definition) is 5. The normalized spacial score (nSPS) is 11.6. The zero-order valence-electron chi connectivity index (χ0n) is 20.8. The number of nitrogens with zero attached hydrogens (tertiary/aromatic N) is 1. The maximum Gasteiger partial charge on any atom is 0.246 e. The molecule has 0 spiro atoms. The van der Waals surface area contributed by atoms with Crippen molar-refractivity contribution in [3.8, 4) is 5.75 Å². The molecule has 0 aliphatic carbocycles. The number of nitrogens with two attached hydrogens (primary N) is 2. The first kappa shape index (κ1) is 25.7. The quantitative estimate of drug-likeness (QED) is 0.334. The lowest BCUT2D eigenvalue weighted by molar-refractivity contribution is -0.146. The van der Waals surface area contributed by atoms with Crippen LogP contribution >= 0.6 is 0 Å². The van der Waals surface area contributed by atoms with Crippen LogP contribution in [0.15, 0.2) is 109 Å². The van der Waals surface area contributed by atoms with Gasteiger partial charge in [0.25, 0.3) is 0 Å². The van der Waals surface area contributed by atoms with Crippen LogP contribution in [0.4, 0.5) is 5.69 Å². The van der Waals surface area contributed by atoms with E-state index >= 15 is 0 Å². The molecule has 0 aliphatic heterocycles. The van der Waals surface area contributed by atoms with Crippen LogP contribution in [0.5, 0.6) is 5.75 Å². The van der Waals surface area contributed by atoms with Crippen molar-refractivity contribution >= 4 is 17.5 Å². The molecular weight excluding hydrogens is 462 g/mol. The first-order valence-corrected chi connectivity index (χ1v) is 12.1. The topological polar surface area (TPSA) is 98.7 Å². The first-order valence-electron chi connectivity index (χ1n) is 12.1. The van der Waals surface area contributed by atoms with E-state index in [-0.39, 0.29) is 18.9 Å². The van der Waals surface area contributed by atoms with Crippen molar-refractivity contribution in [2.24, 2.45) is 5.73 Å². The maximum atomic E-state index is 14.2. The summed E-state index contributed by atoms with van der Waals surface area (Å²) in [5, 5.41) is 0. The van der Waals surface area contributed by atoms with Gasteiger partial charge in [0, 0.05) is 5.69 Å². The summed E-state index contributed by atoms with van der Waals surface area (Å²) >= 11 is 0. The molecular formula is C31H31N3O3. The highest BCUT2D eigenvalue weighted by Crippen LogP contribution is 2.28. The number of carbonyl (C=O) groups excluding carboxylic acids is 2. The number of anilines is 1. The van der Waals surface area contributed by atoms with E-state index in [1.54, 1.807) is 19.2 Å². The van der Waals surface area contributed by atoms with Crippen molar-refractivity contribution in [1.29, 1.82) is 0 Å². The van der Waals surface area contributed by atoms with Crippen LogP contribution in [-0.4, -0.2) is 29.9 Å². The highest BCUT2D eigenvalue weighted by Gasteiger charge is 2.33. The monoisotopic (exact) mass is 493 g/mol. The highest BCUT2D eigenvalue weighted by molar-refractivity contribution is 6.02. The zero-order valence-corrected chi connectivity index (χ0v) is 20.8. The molecule has 2 amide bonds. The Bertz CT molecular complexity index is 1270. The molecule has 0 radical (unpaired) electrons. The molecule has 4 rings (SSSR count). The second-order valence-corrected chi connectivity index (χ2v) is 8.92. The standard InChI is InChI=1S/C31H31N3O3/c1-37-27-18-14-23(15-19-27)21-34(30(35)28(33)20-22-12-16-26(32)17-13-22)31(36)29(24-8-4-2-5-9-24)25-10-6-3-7-11-25/h2-19,28-29H,20-21,32-33H2,1H3. The smallest absolute Gasteiger partial charge is 0.246 e. The van der Waals surface area contributed by atoms with Crippen molar-refractivity contribution in [1.82, 2.24) is 4.90 Å². The van der Waals surface area contributed by atoms with E-state index in [0.717, 1.165) is 22.3 Å². The van der Waals surface area contributed by atoms with Gasteiger partial charge in [0.05, 0.1) is 25.6 Å². The molecule has 0 heterocycles. The molecule has 0 saturated heterocycles. The van der Waals surface area contributed by atoms with Gasteiger partial charge in [0.2, 0.25) is 11.8 Å². The lowest BCUT2D eigenvalue weighted by Gasteiger charge is -2.29. The molecule has 4 aromatic carbocycles. The number of rotatable bonds is 9. The number of hydrogen-bond donors (Lipinski definition) is 2. The summed E-state index contributed by atoms with van der Waals surface area (Å²) in [4.78, 5) is 29.3. The Morgan fingerprint density at radius 1 is 0.730 bits per heavy atom. The van der Waals surface area contributed by atoms with Crippen LogP contribution in [0.3, 0.4) is 0 Å². The lowest BCUT2D eigenvalue weighted by atomic mass is 9.89. The third kappa shape index (κ3) is 6.42. The van der Waals surface area contributed by atoms with Crippen LogP contribution in [0, 0.1) is 0 Å². The zero-order chi connectivity index (χ0) is 26.2. The van der Waals surface area contributed by atoms with Gasteiger partial charge in [-0.1, -0.05) is 84.9 Å². The number of methoxy groups -OCH3 is 1. The Kier molecular flexibility index (Phi) is 8.33. The van der Waals surface area contributed by atoms with Crippen LogP contribution in [0.1, 0.15) is 28.2 Å². The second kappa shape index (κ2) is 12.0. The van der Waals surface area contributed by atoms with E-state index in [9.17, 15) is 9.59 Å². The predicted octanol–water partition coefficient (Wildman–Crippen LogP) is 4.53. The lowest BCUT2D eigenvalue weighted by Crippen LogP contribution is -2.49. The van der Waals surface area contributed by atoms with Gasteiger partial charge in [-0.15, -0.1) is 0 Å². The average molecular weight is 494 g/mol. The van der Waals surface area contributed by atoms with Gasteiger partial charge in [-0.3, -0.25) is 14.5 Å². The molecule has 37 heavy (non-hydrogen) atoms. The molecule has 0 bridgehead atoms. The first-order chi connectivity index (χ1) is 18.0. The molecule has 0 aliphatic rings. The minimum Gasteiger partial charge on any atom is -0.497 e. The van der Waals surface area contributed by atoms with Crippen LogP contribution in [0.25, 0.3) is 0 Å². The highest BCUT2D eigenvalue weighted by atomic mass is 16.5. The third-order valence-corrected chi connectivity index (χ3v) is 6.30. The molecule has 6 heteroatoms. The second-order valence-electron chi connectivity index (χ2n) is 8.92. The Balaban J connectivity index is 1.70. The molecule has 188 valence electrons. The van der Waals surface area contributed by atoms with Crippen molar-refractivity contribution in [2.75, 3.05) is 12.8 Å². The minimum atomic E-state index is -0.905. The van der Waals surface area contributed by atoms with Crippen molar-refractivity contribution in [3.63, 3.8) is 0 Å². The van der Waals surface area contributed by atoms with Gasteiger partial charge in [-0.25, -0.2) is 0 Å². The fourth-order valence-corrected chi connectivity index (χ4v) is 4.30. The van der Waals surface area contributed by atoms with E-state index < -0.39 is 17.9 Å². The van der Waals surface area contributed by atoms with Gasteiger partial charge in [0.15, 0.2) is 0 Å². The summed E-state index contributed by atoms with van der Waals surface area (Å²) < 4.78 is 5.26. The van der Waals surface area contributed by atoms with Gasteiger partial charge < -0.3 is 16.2 Å². The van der Waals surface area contributed by atoms with Crippen molar-refractivity contribution < 1.29 is 14.3 Å². The Hall–Kier alpha value is -4.42. The van der Waals surface area contributed by atoms with Crippen LogP contribution in [0.2, 0.25) is 0 Å². The molecule has 1 atom stereocenters.